The second kappa shape index (κ2) is 5.55. The second-order valence-corrected chi connectivity index (χ2v) is 4.96. The minimum Gasteiger partial charge on any atom is -0.398 e. The average Bonchev–Trinajstić information content (AvgIpc) is 2.51. The molecule has 1 aromatic rings. The van der Waals surface area contributed by atoms with E-state index < -0.39 is 6.10 Å². The molecule has 0 unspecified atom stereocenters. The number of aliphatic hydroxyl groups is 1. The third-order valence-electron chi connectivity index (χ3n) is 3.21. The summed E-state index contributed by atoms with van der Waals surface area (Å²) in [5, 5.41) is 10.6. The van der Waals surface area contributed by atoms with E-state index in [2.05, 4.69) is 0 Å². The maximum Gasteiger partial charge on any atom is 0.163 e. The molecule has 18 heavy (non-hydrogen) atoms. The molecule has 0 aliphatic heterocycles. The van der Waals surface area contributed by atoms with Gasteiger partial charge in [0, 0.05) is 22.7 Å². The summed E-state index contributed by atoms with van der Waals surface area (Å²) in [6.07, 6.45) is 1.96. The Morgan fingerprint density at radius 3 is 2.61 bits per heavy atom. The van der Waals surface area contributed by atoms with Crippen LogP contribution in [0.4, 0.5) is 0 Å². The van der Waals surface area contributed by atoms with Crippen LogP contribution in [0.15, 0.2) is 29.8 Å². The van der Waals surface area contributed by atoms with Crippen LogP contribution < -0.4 is 5.73 Å². The molecular formula is C14H16ClNO2. The summed E-state index contributed by atoms with van der Waals surface area (Å²) >= 11 is 5.81. The number of carbonyl (C=O) groups is 1. The van der Waals surface area contributed by atoms with E-state index in [0.717, 1.165) is 18.4 Å². The number of rotatable bonds is 1. The number of ketones is 1. The van der Waals surface area contributed by atoms with Crippen molar-refractivity contribution >= 4 is 23.1 Å². The summed E-state index contributed by atoms with van der Waals surface area (Å²) in [6.45, 7) is 0. The highest BCUT2D eigenvalue weighted by atomic mass is 35.5. The highest BCUT2D eigenvalue weighted by Gasteiger charge is 2.25. The fraction of sp³-hybridized carbons (Fsp3) is 0.357. The van der Waals surface area contributed by atoms with Crippen LogP contribution in [0.5, 0.6) is 0 Å². The van der Waals surface area contributed by atoms with E-state index in [0.29, 0.717) is 29.1 Å². The van der Waals surface area contributed by atoms with Crippen LogP contribution in [0.3, 0.4) is 0 Å². The molecule has 1 saturated carbocycles. The van der Waals surface area contributed by atoms with Gasteiger partial charge < -0.3 is 10.8 Å². The molecule has 96 valence electrons. The molecule has 0 aromatic heterocycles. The Hall–Kier alpha value is -1.32. The summed E-state index contributed by atoms with van der Waals surface area (Å²) in [7, 11) is 0. The minimum absolute atomic E-state index is 0.0487. The Labute approximate surface area is 111 Å². The molecule has 1 aliphatic rings. The van der Waals surface area contributed by atoms with Crippen molar-refractivity contribution in [1.29, 1.82) is 0 Å². The Bertz CT molecular complexity index is 479. The number of halogens is 1. The van der Waals surface area contributed by atoms with E-state index in [-0.39, 0.29) is 5.78 Å². The zero-order valence-electron chi connectivity index (χ0n) is 10.0. The van der Waals surface area contributed by atoms with Crippen LogP contribution in [0.2, 0.25) is 5.02 Å². The highest BCUT2D eigenvalue weighted by molar-refractivity contribution is 6.30. The standard InChI is InChI=1S/C14H16ClNO2/c15-10-7-5-9(6-8-10)14(16)13-11(17)3-1-2-4-12(13)18/h5-8,11,17H,1-4,16H2/t11-/m0/s1. The minimum atomic E-state index is -0.754. The lowest BCUT2D eigenvalue weighted by Crippen LogP contribution is -2.20. The number of Topliss-reactive ketones (excluding diaryl/α,β-unsaturated/α-hetero) is 1. The quantitative estimate of drug-likeness (QED) is 0.606. The fourth-order valence-electron chi connectivity index (χ4n) is 2.20. The Morgan fingerprint density at radius 2 is 1.94 bits per heavy atom. The first-order valence-corrected chi connectivity index (χ1v) is 6.44. The maximum atomic E-state index is 12.0. The normalized spacial score (nSPS) is 23.7. The molecule has 3 nitrogen and oxygen atoms in total. The third kappa shape index (κ3) is 2.74. The Balaban J connectivity index is 2.42. The van der Waals surface area contributed by atoms with Crippen LogP contribution in [0, 0.1) is 0 Å². The lowest BCUT2D eigenvalue weighted by molar-refractivity contribution is -0.116. The van der Waals surface area contributed by atoms with Crippen molar-refractivity contribution in [3.05, 3.63) is 40.4 Å². The van der Waals surface area contributed by atoms with Gasteiger partial charge in [-0.05, 0) is 30.5 Å². The van der Waals surface area contributed by atoms with Gasteiger partial charge in [-0.25, -0.2) is 0 Å². The van der Waals surface area contributed by atoms with Gasteiger partial charge >= 0.3 is 0 Å². The molecule has 2 rings (SSSR count). The van der Waals surface area contributed by atoms with Crippen molar-refractivity contribution in [1.82, 2.24) is 0 Å². The predicted octanol–water partition coefficient (Wildman–Crippen LogP) is 2.51. The first kappa shape index (κ1) is 13.1. The fourth-order valence-corrected chi connectivity index (χ4v) is 2.33. The monoisotopic (exact) mass is 265 g/mol. The molecule has 0 radical (unpaired) electrons. The molecule has 1 fully saturated rings. The van der Waals surface area contributed by atoms with Crippen LogP contribution >= 0.6 is 11.6 Å². The molecule has 0 saturated heterocycles. The Morgan fingerprint density at radius 1 is 1.28 bits per heavy atom. The highest BCUT2D eigenvalue weighted by Crippen LogP contribution is 2.26. The molecule has 1 aromatic carbocycles. The van der Waals surface area contributed by atoms with E-state index in [1.54, 1.807) is 24.3 Å². The zero-order chi connectivity index (χ0) is 13.1. The number of hydrogen-bond acceptors (Lipinski definition) is 3. The maximum absolute atomic E-state index is 12.0. The molecule has 0 amide bonds. The van der Waals surface area contributed by atoms with Crippen molar-refractivity contribution in [2.75, 3.05) is 0 Å². The van der Waals surface area contributed by atoms with Crippen molar-refractivity contribution in [2.24, 2.45) is 5.73 Å². The van der Waals surface area contributed by atoms with Gasteiger partial charge in [0.05, 0.1) is 6.10 Å². The number of nitrogens with two attached hydrogens (primary N) is 1. The number of benzene rings is 1. The lowest BCUT2D eigenvalue weighted by Gasteiger charge is -2.14. The SMILES string of the molecule is NC(=C1C(=O)CCCC[C@@H]1O)c1ccc(Cl)cc1. The Kier molecular flexibility index (Phi) is 4.04. The lowest BCUT2D eigenvalue weighted by atomic mass is 9.97. The van der Waals surface area contributed by atoms with Gasteiger partial charge in [-0.2, -0.15) is 0 Å². The molecular weight excluding hydrogens is 250 g/mol. The predicted molar refractivity (Wildman–Crippen MR) is 72.0 cm³/mol. The largest absolute Gasteiger partial charge is 0.398 e. The smallest absolute Gasteiger partial charge is 0.163 e. The van der Waals surface area contributed by atoms with Crippen LogP contribution in [-0.4, -0.2) is 17.0 Å². The number of hydrogen-bond donors (Lipinski definition) is 2. The topological polar surface area (TPSA) is 63.3 Å². The first-order valence-electron chi connectivity index (χ1n) is 6.06. The van der Waals surface area contributed by atoms with E-state index in [1.165, 1.54) is 0 Å². The third-order valence-corrected chi connectivity index (χ3v) is 3.46. The van der Waals surface area contributed by atoms with E-state index in [9.17, 15) is 9.90 Å². The van der Waals surface area contributed by atoms with Crippen LogP contribution in [0.25, 0.3) is 5.70 Å². The molecule has 3 N–H and O–H groups in total. The van der Waals surface area contributed by atoms with Gasteiger partial charge in [0.15, 0.2) is 5.78 Å². The molecule has 0 bridgehead atoms. The van der Waals surface area contributed by atoms with Gasteiger partial charge in [0.2, 0.25) is 0 Å². The van der Waals surface area contributed by atoms with Gasteiger partial charge in [-0.15, -0.1) is 0 Å². The number of aliphatic hydroxyl groups excluding tert-OH is 1. The van der Waals surface area contributed by atoms with Crippen LogP contribution in [-0.2, 0) is 4.79 Å². The van der Waals surface area contributed by atoms with Gasteiger partial charge in [0.1, 0.15) is 0 Å². The van der Waals surface area contributed by atoms with Crippen molar-refractivity contribution in [3.8, 4) is 0 Å². The summed E-state index contributed by atoms with van der Waals surface area (Å²) in [5.74, 6) is -0.0487. The summed E-state index contributed by atoms with van der Waals surface area (Å²) in [4.78, 5) is 12.0. The van der Waals surface area contributed by atoms with E-state index in [4.69, 9.17) is 17.3 Å². The van der Waals surface area contributed by atoms with Crippen molar-refractivity contribution in [3.63, 3.8) is 0 Å². The van der Waals surface area contributed by atoms with Crippen molar-refractivity contribution in [2.45, 2.75) is 31.8 Å². The van der Waals surface area contributed by atoms with Crippen molar-refractivity contribution < 1.29 is 9.90 Å². The molecule has 0 spiro atoms. The van der Waals surface area contributed by atoms with Gasteiger partial charge in [-0.3, -0.25) is 4.79 Å². The van der Waals surface area contributed by atoms with Crippen LogP contribution in [0.1, 0.15) is 31.2 Å². The second-order valence-electron chi connectivity index (χ2n) is 4.52. The zero-order valence-corrected chi connectivity index (χ0v) is 10.8. The summed E-state index contributed by atoms with van der Waals surface area (Å²) in [6, 6.07) is 6.96. The molecule has 1 atom stereocenters. The van der Waals surface area contributed by atoms with Gasteiger partial charge in [0.25, 0.3) is 0 Å². The summed E-state index contributed by atoms with van der Waals surface area (Å²) in [5.41, 5.74) is 7.47. The molecule has 0 heterocycles. The molecule has 1 aliphatic carbocycles. The molecule has 4 heteroatoms. The van der Waals surface area contributed by atoms with E-state index >= 15 is 0 Å². The first-order chi connectivity index (χ1) is 8.59. The summed E-state index contributed by atoms with van der Waals surface area (Å²) < 4.78 is 0. The van der Waals surface area contributed by atoms with E-state index in [1.807, 2.05) is 0 Å². The number of carbonyl (C=O) groups excluding carboxylic acids is 1. The average molecular weight is 266 g/mol. The van der Waals surface area contributed by atoms with Gasteiger partial charge in [-0.1, -0.05) is 30.2 Å².